The lowest BCUT2D eigenvalue weighted by Crippen LogP contribution is -2.45. The maximum Gasteiger partial charge on any atom is 0.222 e. The molecular formula is C15H30N4O3. The third-order valence-electron chi connectivity index (χ3n) is 3.47. The molecular weight excluding hydrogens is 284 g/mol. The largest absolute Gasteiger partial charge is 0.382 e. The van der Waals surface area contributed by atoms with E-state index in [9.17, 15) is 4.79 Å². The van der Waals surface area contributed by atoms with Crippen LogP contribution in [0.3, 0.4) is 0 Å². The molecule has 0 spiro atoms. The highest BCUT2D eigenvalue weighted by molar-refractivity contribution is 5.80. The highest BCUT2D eigenvalue weighted by Gasteiger charge is 2.25. The van der Waals surface area contributed by atoms with E-state index < -0.39 is 0 Å². The lowest BCUT2D eigenvalue weighted by atomic mass is 10.3. The van der Waals surface area contributed by atoms with Crippen LogP contribution in [0.4, 0.5) is 0 Å². The quantitative estimate of drug-likeness (QED) is 0.362. The number of ether oxygens (including phenoxy) is 2. The van der Waals surface area contributed by atoms with E-state index in [-0.39, 0.29) is 11.9 Å². The molecule has 1 fully saturated rings. The Hall–Kier alpha value is -1.34. The van der Waals surface area contributed by atoms with Crippen LogP contribution in [0.5, 0.6) is 0 Å². The van der Waals surface area contributed by atoms with Crippen LogP contribution in [0.1, 0.15) is 26.7 Å². The number of rotatable bonds is 9. The molecule has 0 aliphatic carbocycles. The second-order valence-corrected chi connectivity index (χ2v) is 5.19. The summed E-state index contributed by atoms with van der Waals surface area (Å²) in [6, 6.07) is 0.266. The summed E-state index contributed by atoms with van der Waals surface area (Å²) >= 11 is 0. The van der Waals surface area contributed by atoms with Crippen molar-refractivity contribution in [1.29, 1.82) is 0 Å². The number of likely N-dealkylation sites (tertiary alicyclic amines) is 1. The molecule has 0 aromatic carbocycles. The van der Waals surface area contributed by atoms with Crippen molar-refractivity contribution in [2.75, 3.05) is 53.1 Å². The second-order valence-electron chi connectivity index (χ2n) is 5.19. The first-order valence-electron chi connectivity index (χ1n) is 8.10. The molecule has 0 aromatic rings. The molecule has 128 valence electrons. The van der Waals surface area contributed by atoms with E-state index in [1.54, 1.807) is 7.11 Å². The molecule has 0 radical (unpaired) electrons. The van der Waals surface area contributed by atoms with Gasteiger partial charge in [-0.05, 0) is 13.3 Å². The number of carbonyl (C=O) groups is 1. The molecule has 1 unspecified atom stereocenters. The predicted octanol–water partition coefficient (Wildman–Crippen LogP) is 0.215. The summed E-state index contributed by atoms with van der Waals surface area (Å²) in [7, 11) is 1.66. The third-order valence-corrected chi connectivity index (χ3v) is 3.47. The molecule has 1 heterocycles. The fourth-order valence-corrected chi connectivity index (χ4v) is 2.31. The summed E-state index contributed by atoms with van der Waals surface area (Å²) in [4.78, 5) is 18.1. The van der Waals surface area contributed by atoms with Gasteiger partial charge in [0.05, 0.1) is 26.4 Å². The van der Waals surface area contributed by atoms with E-state index in [4.69, 9.17) is 9.47 Å². The van der Waals surface area contributed by atoms with E-state index in [2.05, 4.69) is 15.6 Å². The highest BCUT2D eigenvalue weighted by Crippen LogP contribution is 2.10. The molecule has 1 rings (SSSR count). The monoisotopic (exact) mass is 314 g/mol. The van der Waals surface area contributed by atoms with Gasteiger partial charge < -0.3 is 25.0 Å². The van der Waals surface area contributed by atoms with Gasteiger partial charge in [-0.15, -0.1) is 0 Å². The average Bonchev–Trinajstić information content (AvgIpc) is 2.98. The van der Waals surface area contributed by atoms with Crippen LogP contribution in [0.25, 0.3) is 0 Å². The number of guanidine groups is 1. The van der Waals surface area contributed by atoms with Crippen molar-refractivity contribution in [3.63, 3.8) is 0 Å². The Morgan fingerprint density at radius 1 is 1.32 bits per heavy atom. The molecule has 0 saturated carbocycles. The van der Waals surface area contributed by atoms with Crippen LogP contribution in [0.15, 0.2) is 4.99 Å². The predicted molar refractivity (Wildman–Crippen MR) is 87.1 cm³/mol. The molecule has 1 saturated heterocycles. The molecule has 1 aliphatic rings. The zero-order chi connectivity index (χ0) is 16.2. The van der Waals surface area contributed by atoms with Gasteiger partial charge in [-0.2, -0.15) is 0 Å². The van der Waals surface area contributed by atoms with E-state index in [1.807, 2.05) is 18.7 Å². The van der Waals surface area contributed by atoms with Gasteiger partial charge in [0, 0.05) is 39.2 Å². The lowest BCUT2D eigenvalue weighted by Gasteiger charge is -2.18. The Kier molecular flexibility index (Phi) is 9.57. The second kappa shape index (κ2) is 11.3. The van der Waals surface area contributed by atoms with E-state index in [1.165, 1.54) is 0 Å². The fourth-order valence-electron chi connectivity index (χ4n) is 2.31. The van der Waals surface area contributed by atoms with Gasteiger partial charge in [-0.1, -0.05) is 6.92 Å². The number of hydrogen-bond acceptors (Lipinski definition) is 4. The molecule has 1 aliphatic heterocycles. The molecule has 2 N–H and O–H groups in total. The van der Waals surface area contributed by atoms with E-state index in [0.29, 0.717) is 32.8 Å². The van der Waals surface area contributed by atoms with Crippen molar-refractivity contribution in [3.8, 4) is 0 Å². The van der Waals surface area contributed by atoms with Gasteiger partial charge in [0.25, 0.3) is 0 Å². The topological polar surface area (TPSA) is 75.2 Å². The average molecular weight is 314 g/mol. The fraction of sp³-hybridized carbons (Fsp3) is 0.867. The minimum Gasteiger partial charge on any atom is -0.382 e. The first-order valence-corrected chi connectivity index (χ1v) is 8.10. The molecule has 7 nitrogen and oxygen atoms in total. The van der Waals surface area contributed by atoms with Crippen molar-refractivity contribution >= 4 is 11.9 Å². The Labute approximate surface area is 133 Å². The number of aliphatic imine (C=N–C) groups is 1. The minimum atomic E-state index is 0.220. The maximum absolute atomic E-state index is 11.7. The Bertz CT molecular complexity index is 350. The first kappa shape index (κ1) is 18.7. The molecule has 0 bridgehead atoms. The van der Waals surface area contributed by atoms with Crippen LogP contribution < -0.4 is 10.6 Å². The van der Waals surface area contributed by atoms with Gasteiger partial charge >= 0.3 is 0 Å². The number of nitrogens with zero attached hydrogens (tertiary/aromatic N) is 2. The van der Waals surface area contributed by atoms with E-state index in [0.717, 1.165) is 32.0 Å². The summed E-state index contributed by atoms with van der Waals surface area (Å²) in [5, 5.41) is 6.62. The van der Waals surface area contributed by atoms with Gasteiger partial charge in [0.1, 0.15) is 0 Å². The van der Waals surface area contributed by atoms with Crippen molar-refractivity contribution in [2.45, 2.75) is 32.7 Å². The Morgan fingerprint density at radius 3 is 2.82 bits per heavy atom. The summed E-state index contributed by atoms with van der Waals surface area (Å²) in [5.41, 5.74) is 0. The van der Waals surface area contributed by atoms with Crippen LogP contribution in [-0.2, 0) is 14.3 Å². The SMILES string of the molecule is CCNC(=NCCOCCOC)NC1CCN(C(=O)CC)C1. The molecule has 1 amide bonds. The van der Waals surface area contributed by atoms with Crippen molar-refractivity contribution < 1.29 is 14.3 Å². The zero-order valence-corrected chi connectivity index (χ0v) is 14.1. The number of amides is 1. The number of methoxy groups -OCH3 is 1. The Balaban J connectivity index is 2.32. The van der Waals surface area contributed by atoms with Crippen molar-refractivity contribution in [3.05, 3.63) is 0 Å². The summed E-state index contributed by atoms with van der Waals surface area (Å²) in [6.07, 6.45) is 1.53. The highest BCUT2D eigenvalue weighted by atomic mass is 16.5. The van der Waals surface area contributed by atoms with Gasteiger partial charge in [0.15, 0.2) is 5.96 Å². The number of nitrogens with one attached hydrogen (secondary N) is 2. The number of carbonyl (C=O) groups excluding carboxylic acids is 1. The smallest absolute Gasteiger partial charge is 0.222 e. The van der Waals surface area contributed by atoms with Crippen molar-refractivity contribution in [2.24, 2.45) is 4.99 Å². The minimum absolute atomic E-state index is 0.220. The maximum atomic E-state index is 11.7. The zero-order valence-electron chi connectivity index (χ0n) is 14.1. The normalized spacial score (nSPS) is 18.6. The van der Waals surface area contributed by atoms with Gasteiger partial charge in [0.2, 0.25) is 5.91 Å². The molecule has 22 heavy (non-hydrogen) atoms. The van der Waals surface area contributed by atoms with Crippen LogP contribution in [-0.4, -0.2) is 75.9 Å². The number of hydrogen-bond donors (Lipinski definition) is 2. The standard InChI is InChI=1S/C15H30N4O3/c1-4-14(20)19-8-6-13(12-19)18-15(16-5-2)17-7-9-22-11-10-21-3/h13H,4-12H2,1-3H3,(H2,16,17,18). The van der Waals surface area contributed by atoms with Gasteiger partial charge in [-0.3, -0.25) is 9.79 Å². The lowest BCUT2D eigenvalue weighted by molar-refractivity contribution is -0.129. The van der Waals surface area contributed by atoms with Crippen molar-refractivity contribution in [1.82, 2.24) is 15.5 Å². The Morgan fingerprint density at radius 2 is 2.14 bits per heavy atom. The molecule has 0 aromatic heterocycles. The van der Waals surface area contributed by atoms with Gasteiger partial charge in [-0.25, -0.2) is 0 Å². The molecule has 7 heteroatoms. The molecule has 1 atom stereocenters. The first-order chi connectivity index (χ1) is 10.7. The van der Waals surface area contributed by atoms with Crippen LogP contribution in [0.2, 0.25) is 0 Å². The van der Waals surface area contributed by atoms with Crippen LogP contribution in [0, 0.1) is 0 Å². The summed E-state index contributed by atoms with van der Waals surface area (Å²) < 4.78 is 10.3. The summed E-state index contributed by atoms with van der Waals surface area (Å²) in [6.45, 7) is 8.69. The van der Waals surface area contributed by atoms with E-state index >= 15 is 0 Å². The van der Waals surface area contributed by atoms with Crippen LogP contribution >= 0.6 is 0 Å². The third kappa shape index (κ3) is 7.09. The summed E-state index contributed by atoms with van der Waals surface area (Å²) in [5.74, 6) is 1.01.